The second kappa shape index (κ2) is 4.38. The second-order valence-corrected chi connectivity index (χ2v) is 3.08. The molecule has 4 heteroatoms. The van der Waals surface area contributed by atoms with E-state index in [2.05, 4.69) is 0 Å². The van der Waals surface area contributed by atoms with Gasteiger partial charge < -0.3 is 5.11 Å². The fourth-order valence-corrected chi connectivity index (χ4v) is 1.17. The van der Waals surface area contributed by atoms with Gasteiger partial charge in [-0.1, -0.05) is 19.1 Å². The van der Waals surface area contributed by atoms with Crippen LogP contribution in [0.5, 0.6) is 0 Å². The molecule has 1 N–H and O–H groups in total. The van der Waals surface area contributed by atoms with Crippen LogP contribution in [0.15, 0.2) is 30.3 Å². The van der Waals surface area contributed by atoms with E-state index >= 15 is 0 Å². The summed E-state index contributed by atoms with van der Waals surface area (Å²) in [5.74, 6) is -0.122. The molecule has 0 atom stereocenters. The predicted octanol–water partition coefficient (Wildman–Crippen LogP) is 4.01. The highest BCUT2D eigenvalue weighted by molar-refractivity contribution is 5.59. The van der Waals surface area contributed by atoms with Crippen molar-refractivity contribution in [1.29, 1.82) is 0 Å². The van der Waals surface area contributed by atoms with Gasteiger partial charge in [-0.05, 0) is 24.6 Å². The second-order valence-electron chi connectivity index (χ2n) is 3.08. The van der Waals surface area contributed by atoms with Crippen LogP contribution in [0.2, 0.25) is 0 Å². The van der Waals surface area contributed by atoms with Crippen LogP contribution < -0.4 is 0 Å². The van der Waals surface area contributed by atoms with Gasteiger partial charge in [0, 0.05) is 5.56 Å². The van der Waals surface area contributed by atoms with Gasteiger partial charge in [-0.15, -0.1) is 0 Å². The van der Waals surface area contributed by atoms with Gasteiger partial charge >= 0.3 is 6.18 Å². The number of rotatable bonds is 2. The van der Waals surface area contributed by atoms with Crippen molar-refractivity contribution in [1.82, 2.24) is 0 Å². The first-order valence-corrected chi connectivity index (χ1v) is 4.52. The summed E-state index contributed by atoms with van der Waals surface area (Å²) in [5, 5.41) is 9.40. The fraction of sp³-hybridized carbons (Fsp3) is 0.273. The Morgan fingerprint density at radius 2 is 2.07 bits per heavy atom. The standard InChI is InChI=1S/C11H11F3O/c1-2-4-10(15)8-5-3-6-9(7-8)11(12,13)14/h3-7,15H,2H2,1H3/b10-4-. The lowest BCUT2D eigenvalue weighted by molar-refractivity contribution is -0.137. The molecule has 1 nitrogen and oxygen atoms in total. The van der Waals surface area contributed by atoms with Crippen molar-refractivity contribution in [2.45, 2.75) is 19.5 Å². The minimum absolute atomic E-state index is 0.122. The number of alkyl halides is 3. The molecule has 0 fully saturated rings. The number of aliphatic hydroxyl groups excluding tert-OH is 1. The van der Waals surface area contributed by atoms with E-state index in [1.807, 2.05) is 0 Å². The van der Waals surface area contributed by atoms with Crippen LogP contribution in [0.3, 0.4) is 0 Å². The molecule has 0 amide bonds. The maximum atomic E-state index is 12.3. The summed E-state index contributed by atoms with van der Waals surface area (Å²) in [5.41, 5.74) is -0.567. The van der Waals surface area contributed by atoms with Gasteiger partial charge in [0.2, 0.25) is 0 Å². The normalized spacial score (nSPS) is 12.9. The fourth-order valence-electron chi connectivity index (χ4n) is 1.17. The first-order chi connectivity index (χ1) is 6.95. The Morgan fingerprint density at radius 1 is 1.40 bits per heavy atom. The summed E-state index contributed by atoms with van der Waals surface area (Å²) >= 11 is 0. The Balaban J connectivity index is 3.08. The van der Waals surface area contributed by atoms with E-state index < -0.39 is 11.7 Å². The molecule has 0 saturated carbocycles. The zero-order valence-electron chi connectivity index (χ0n) is 8.17. The van der Waals surface area contributed by atoms with E-state index in [9.17, 15) is 18.3 Å². The van der Waals surface area contributed by atoms with E-state index in [1.165, 1.54) is 18.2 Å². The third-order valence-corrected chi connectivity index (χ3v) is 1.88. The Morgan fingerprint density at radius 3 is 2.60 bits per heavy atom. The summed E-state index contributed by atoms with van der Waals surface area (Å²) in [6, 6.07) is 4.62. The molecule has 0 aliphatic heterocycles. The molecule has 0 aromatic heterocycles. The summed E-state index contributed by atoms with van der Waals surface area (Å²) in [6.07, 6.45) is -2.33. The Kier molecular flexibility index (Phi) is 3.39. The first-order valence-electron chi connectivity index (χ1n) is 4.52. The Bertz CT molecular complexity index is 366. The highest BCUT2D eigenvalue weighted by Crippen LogP contribution is 2.30. The minimum Gasteiger partial charge on any atom is -0.508 e. The van der Waals surface area contributed by atoms with Gasteiger partial charge in [0.1, 0.15) is 5.76 Å². The average Bonchev–Trinajstić information content (AvgIpc) is 2.17. The first kappa shape index (κ1) is 11.6. The lowest BCUT2D eigenvalue weighted by Gasteiger charge is -2.08. The number of aliphatic hydroxyl groups is 1. The summed E-state index contributed by atoms with van der Waals surface area (Å²) in [4.78, 5) is 0. The van der Waals surface area contributed by atoms with Gasteiger partial charge in [-0.25, -0.2) is 0 Å². The van der Waals surface area contributed by atoms with Crippen LogP contribution in [-0.4, -0.2) is 5.11 Å². The largest absolute Gasteiger partial charge is 0.508 e. The molecule has 0 radical (unpaired) electrons. The molecule has 0 unspecified atom stereocenters. The van der Waals surface area contributed by atoms with E-state index in [4.69, 9.17) is 0 Å². The van der Waals surface area contributed by atoms with E-state index in [0.717, 1.165) is 12.1 Å². The quantitative estimate of drug-likeness (QED) is 0.740. The number of hydrogen-bond acceptors (Lipinski definition) is 1. The third-order valence-electron chi connectivity index (χ3n) is 1.88. The molecular weight excluding hydrogens is 205 g/mol. The minimum atomic E-state index is -4.37. The van der Waals surface area contributed by atoms with Crippen molar-refractivity contribution in [3.63, 3.8) is 0 Å². The van der Waals surface area contributed by atoms with E-state index in [-0.39, 0.29) is 11.3 Å². The number of halogens is 3. The van der Waals surface area contributed by atoms with E-state index in [0.29, 0.717) is 6.42 Å². The van der Waals surface area contributed by atoms with Gasteiger partial charge in [-0.3, -0.25) is 0 Å². The molecule has 1 rings (SSSR count). The average molecular weight is 216 g/mol. The summed E-state index contributed by atoms with van der Waals surface area (Å²) in [7, 11) is 0. The maximum Gasteiger partial charge on any atom is 0.416 e. The lowest BCUT2D eigenvalue weighted by Crippen LogP contribution is -2.05. The third kappa shape index (κ3) is 3.01. The zero-order valence-corrected chi connectivity index (χ0v) is 8.17. The van der Waals surface area contributed by atoms with Crippen LogP contribution in [0, 0.1) is 0 Å². The predicted molar refractivity (Wildman–Crippen MR) is 52.3 cm³/mol. The number of allylic oxidation sites excluding steroid dienone is 1. The monoisotopic (exact) mass is 216 g/mol. The van der Waals surface area contributed by atoms with Crippen LogP contribution in [0.25, 0.3) is 5.76 Å². The molecule has 0 spiro atoms. The maximum absolute atomic E-state index is 12.3. The molecule has 0 heterocycles. The van der Waals surface area contributed by atoms with Crippen molar-refractivity contribution >= 4 is 5.76 Å². The zero-order chi connectivity index (χ0) is 11.5. The van der Waals surface area contributed by atoms with Crippen LogP contribution >= 0.6 is 0 Å². The van der Waals surface area contributed by atoms with Crippen molar-refractivity contribution in [3.8, 4) is 0 Å². The Labute approximate surface area is 85.9 Å². The SMILES string of the molecule is CC/C=C(\O)c1cccc(C(F)(F)F)c1. The van der Waals surface area contributed by atoms with Crippen LogP contribution in [0.1, 0.15) is 24.5 Å². The van der Waals surface area contributed by atoms with Gasteiger partial charge in [-0.2, -0.15) is 13.2 Å². The molecule has 82 valence electrons. The molecule has 1 aromatic carbocycles. The highest BCUT2D eigenvalue weighted by Gasteiger charge is 2.30. The molecular formula is C11H11F3O. The highest BCUT2D eigenvalue weighted by atomic mass is 19.4. The van der Waals surface area contributed by atoms with Gasteiger partial charge in [0.05, 0.1) is 5.56 Å². The summed E-state index contributed by atoms with van der Waals surface area (Å²) < 4.78 is 36.9. The van der Waals surface area contributed by atoms with Crippen molar-refractivity contribution in [3.05, 3.63) is 41.5 Å². The van der Waals surface area contributed by atoms with Gasteiger partial charge in [0.15, 0.2) is 0 Å². The smallest absolute Gasteiger partial charge is 0.416 e. The van der Waals surface area contributed by atoms with E-state index in [1.54, 1.807) is 6.92 Å². The molecule has 0 bridgehead atoms. The molecule has 1 aromatic rings. The topological polar surface area (TPSA) is 20.2 Å². The molecule has 0 saturated heterocycles. The van der Waals surface area contributed by atoms with Crippen LogP contribution in [0.4, 0.5) is 13.2 Å². The van der Waals surface area contributed by atoms with Crippen molar-refractivity contribution in [2.24, 2.45) is 0 Å². The van der Waals surface area contributed by atoms with Crippen molar-refractivity contribution in [2.75, 3.05) is 0 Å². The summed E-state index contributed by atoms with van der Waals surface area (Å²) in [6.45, 7) is 1.80. The molecule has 15 heavy (non-hydrogen) atoms. The van der Waals surface area contributed by atoms with Gasteiger partial charge in [0.25, 0.3) is 0 Å². The Hall–Kier alpha value is -1.45. The number of hydrogen-bond donors (Lipinski definition) is 1. The van der Waals surface area contributed by atoms with Crippen molar-refractivity contribution < 1.29 is 18.3 Å². The van der Waals surface area contributed by atoms with Crippen LogP contribution in [-0.2, 0) is 6.18 Å². The number of benzene rings is 1. The molecule has 0 aliphatic carbocycles. The lowest BCUT2D eigenvalue weighted by atomic mass is 10.1. The molecule has 0 aliphatic rings.